The van der Waals surface area contributed by atoms with Crippen molar-refractivity contribution in [1.29, 1.82) is 0 Å². The summed E-state index contributed by atoms with van der Waals surface area (Å²) in [5.41, 5.74) is -0.108. The number of Topliss-reactive ketones (excluding diaryl/α,β-unsaturated/α-hetero) is 1. The minimum Gasteiger partial charge on any atom is -0.545 e. The molecule has 2 aliphatic rings. The lowest BCUT2D eigenvalue weighted by Crippen LogP contribution is -2.58. The number of nitrogens with zero attached hydrogens (tertiary/aromatic N) is 2. The van der Waals surface area contributed by atoms with E-state index in [4.69, 9.17) is 23.2 Å². The molecule has 0 spiro atoms. The third-order valence-corrected chi connectivity index (χ3v) is 7.28. The highest BCUT2D eigenvalue weighted by molar-refractivity contribution is 6.70. The Morgan fingerprint density at radius 2 is 1.92 bits per heavy atom. The number of carbonyl (C=O) groups excluding carboxylic acids is 1. The second-order valence-electron chi connectivity index (χ2n) is 10.7. The summed E-state index contributed by atoms with van der Waals surface area (Å²) in [6.07, 6.45) is 7.56. The number of rotatable bonds is 12. The van der Waals surface area contributed by atoms with E-state index >= 15 is 0 Å². The topological polar surface area (TPSA) is 83.3 Å². The Morgan fingerprint density at radius 1 is 1.16 bits per heavy atom. The van der Waals surface area contributed by atoms with Gasteiger partial charge in [0.05, 0.1) is 19.3 Å². The molecular formula is C28H38N2O6Si. The van der Waals surface area contributed by atoms with Crippen molar-refractivity contribution >= 4 is 14.1 Å². The van der Waals surface area contributed by atoms with Crippen molar-refractivity contribution in [3.05, 3.63) is 71.2 Å². The van der Waals surface area contributed by atoms with E-state index in [2.05, 4.69) is 31.7 Å². The third kappa shape index (κ3) is 5.60. The molecule has 200 valence electrons. The lowest BCUT2D eigenvalue weighted by atomic mass is 9.67. The number of ether oxygens (including phenoxy) is 3. The van der Waals surface area contributed by atoms with Gasteiger partial charge in [0.2, 0.25) is 14.1 Å². The monoisotopic (exact) mass is 526 g/mol. The molecule has 8 nitrogen and oxygen atoms in total. The minimum absolute atomic E-state index is 0.0931. The first-order valence-corrected chi connectivity index (χ1v) is 16.3. The molecule has 0 saturated heterocycles. The van der Waals surface area contributed by atoms with Gasteiger partial charge in [-0.05, 0) is 57.0 Å². The smallest absolute Gasteiger partial charge is 0.265 e. The SMILES string of the molecule is CCCCOc1noc2c1C(=O)[C@@]1(OCOCc3ccccc3)C(O[Si](C)(C)C)=CC=C[C@H]1[C@@H]2N(C)C. The molecule has 3 atom stereocenters. The first-order valence-electron chi connectivity index (χ1n) is 12.9. The predicted octanol–water partition coefficient (Wildman–Crippen LogP) is 5.50. The van der Waals surface area contributed by atoms with E-state index in [1.54, 1.807) is 0 Å². The number of hydrogen-bond donors (Lipinski definition) is 0. The standard InChI is InChI=1S/C28H38N2O6Si/c1-7-8-17-33-27-23-25(35-29-27)24(30(2)3)21-15-12-16-22(36-37(4,5)6)28(21,26(23)31)34-19-32-18-20-13-10-9-11-14-20/h9-16,21,24H,7-8,17-19H2,1-6H3/t21-,24-,28-/m0/s1. The van der Waals surface area contributed by atoms with Crippen LogP contribution in [-0.2, 0) is 20.5 Å². The van der Waals surface area contributed by atoms with Gasteiger partial charge >= 0.3 is 0 Å². The molecule has 2 aromatic rings. The number of allylic oxidation sites excluding steroid dienone is 2. The van der Waals surface area contributed by atoms with Gasteiger partial charge in [-0.2, -0.15) is 0 Å². The highest BCUT2D eigenvalue weighted by Crippen LogP contribution is 2.53. The van der Waals surface area contributed by atoms with E-state index in [1.165, 1.54) is 0 Å². The van der Waals surface area contributed by atoms with E-state index in [0.29, 0.717) is 30.3 Å². The molecule has 1 heterocycles. The van der Waals surface area contributed by atoms with Gasteiger partial charge in [-0.15, -0.1) is 0 Å². The molecule has 1 aromatic heterocycles. The summed E-state index contributed by atoms with van der Waals surface area (Å²) in [6.45, 7) is 9.05. The molecule has 0 radical (unpaired) electrons. The molecule has 0 bridgehead atoms. The zero-order valence-electron chi connectivity index (χ0n) is 22.7. The van der Waals surface area contributed by atoms with Crippen molar-refractivity contribution in [2.24, 2.45) is 5.92 Å². The van der Waals surface area contributed by atoms with Crippen LogP contribution < -0.4 is 4.74 Å². The fourth-order valence-corrected chi connectivity index (χ4v) is 5.71. The summed E-state index contributed by atoms with van der Waals surface area (Å²) in [4.78, 5) is 16.5. The second-order valence-corrected chi connectivity index (χ2v) is 15.1. The number of aromatic nitrogens is 1. The largest absolute Gasteiger partial charge is 0.545 e. The Morgan fingerprint density at radius 3 is 2.59 bits per heavy atom. The molecule has 0 amide bonds. The Kier molecular flexibility index (Phi) is 8.38. The lowest BCUT2D eigenvalue weighted by molar-refractivity contribution is -0.149. The van der Waals surface area contributed by atoms with Crippen molar-refractivity contribution in [1.82, 2.24) is 10.1 Å². The average Bonchev–Trinajstić information content (AvgIpc) is 3.26. The van der Waals surface area contributed by atoms with Crippen LogP contribution in [0.1, 0.15) is 47.5 Å². The van der Waals surface area contributed by atoms with E-state index in [-0.39, 0.29) is 24.5 Å². The van der Waals surface area contributed by atoms with Gasteiger partial charge in [0.15, 0.2) is 11.4 Å². The summed E-state index contributed by atoms with van der Waals surface area (Å²) in [5, 5.41) is 4.17. The molecule has 2 aliphatic carbocycles. The molecule has 9 heteroatoms. The Balaban J connectivity index is 1.74. The summed E-state index contributed by atoms with van der Waals surface area (Å²) in [7, 11) is 1.78. The van der Waals surface area contributed by atoms with Crippen molar-refractivity contribution in [2.45, 2.75) is 57.7 Å². The van der Waals surface area contributed by atoms with Crippen LogP contribution in [0.25, 0.3) is 0 Å². The molecule has 0 unspecified atom stereocenters. The summed E-state index contributed by atoms with van der Waals surface area (Å²) < 4.78 is 30.6. The molecule has 0 N–H and O–H groups in total. The number of ketones is 1. The van der Waals surface area contributed by atoms with Crippen molar-refractivity contribution in [3.8, 4) is 5.88 Å². The number of fused-ring (bicyclic) bond motifs is 2. The van der Waals surface area contributed by atoms with Gasteiger partial charge in [-0.25, -0.2) is 0 Å². The van der Waals surface area contributed by atoms with E-state index in [9.17, 15) is 4.79 Å². The summed E-state index contributed by atoms with van der Waals surface area (Å²) >= 11 is 0. The van der Waals surface area contributed by atoms with Crippen LogP contribution in [0, 0.1) is 5.92 Å². The Labute approximate surface area is 220 Å². The number of hydrogen-bond acceptors (Lipinski definition) is 8. The van der Waals surface area contributed by atoms with Gasteiger partial charge in [0, 0.05) is 5.92 Å². The molecule has 0 saturated carbocycles. The maximum Gasteiger partial charge on any atom is 0.265 e. The molecule has 0 aliphatic heterocycles. The van der Waals surface area contributed by atoms with Crippen molar-refractivity contribution in [2.75, 3.05) is 27.5 Å². The maximum atomic E-state index is 14.5. The average molecular weight is 527 g/mol. The number of unbranched alkanes of at least 4 members (excludes halogenated alkanes) is 1. The maximum absolute atomic E-state index is 14.5. The normalized spacial score (nSPS) is 23.0. The van der Waals surface area contributed by atoms with Crippen molar-refractivity contribution in [3.63, 3.8) is 0 Å². The summed E-state index contributed by atoms with van der Waals surface area (Å²) in [5.74, 6) is 0.473. The zero-order valence-corrected chi connectivity index (χ0v) is 23.7. The van der Waals surface area contributed by atoms with Crippen molar-refractivity contribution < 1.29 is 28.0 Å². The first kappa shape index (κ1) is 27.3. The van der Waals surface area contributed by atoms with E-state index < -0.39 is 19.8 Å². The van der Waals surface area contributed by atoms with Gasteiger partial charge in [-0.1, -0.05) is 55.8 Å². The van der Waals surface area contributed by atoms with Crippen LogP contribution in [0.15, 0.2) is 58.8 Å². The van der Waals surface area contributed by atoms with Gasteiger partial charge < -0.3 is 23.2 Å². The molecule has 1 aromatic carbocycles. The summed E-state index contributed by atoms with van der Waals surface area (Å²) in [6, 6.07) is 9.53. The molecule has 0 fully saturated rings. The van der Waals surface area contributed by atoms with E-state index in [1.807, 2.05) is 67.6 Å². The minimum atomic E-state index is -2.12. The first-order chi connectivity index (χ1) is 17.7. The van der Waals surface area contributed by atoms with E-state index in [0.717, 1.165) is 18.4 Å². The highest BCUT2D eigenvalue weighted by atomic mass is 28.4. The van der Waals surface area contributed by atoms with Crippen LogP contribution in [0.2, 0.25) is 19.6 Å². The van der Waals surface area contributed by atoms with Crippen LogP contribution >= 0.6 is 0 Å². The van der Waals surface area contributed by atoms with Gasteiger partial charge in [-0.3, -0.25) is 9.69 Å². The second kappa shape index (κ2) is 11.3. The van der Waals surface area contributed by atoms with Gasteiger partial charge in [0.25, 0.3) is 5.88 Å². The zero-order chi connectivity index (χ0) is 26.6. The highest BCUT2D eigenvalue weighted by Gasteiger charge is 2.62. The number of carbonyl (C=O) groups is 1. The van der Waals surface area contributed by atoms with Crippen LogP contribution in [0.3, 0.4) is 0 Å². The predicted molar refractivity (Wildman–Crippen MR) is 143 cm³/mol. The van der Waals surface area contributed by atoms with Crippen LogP contribution in [-0.4, -0.2) is 57.3 Å². The van der Waals surface area contributed by atoms with Crippen LogP contribution in [0.4, 0.5) is 0 Å². The number of benzene rings is 1. The Hall–Kier alpha value is -2.72. The molecule has 37 heavy (non-hydrogen) atoms. The molecule has 4 rings (SSSR count). The van der Waals surface area contributed by atoms with Crippen LogP contribution in [0.5, 0.6) is 5.88 Å². The van der Waals surface area contributed by atoms with Gasteiger partial charge in [0.1, 0.15) is 18.1 Å². The lowest BCUT2D eigenvalue weighted by Gasteiger charge is -2.48. The fraction of sp³-hybridized carbons (Fsp3) is 0.500. The fourth-order valence-electron chi connectivity index (χ4n) is 4.83. The Bertz CT molecular complexity index is 1140. The quantitative estimate of drug-likeness (QED) is 0.204. The molecular weight excluding hydrogens is 488 g/mol. The third-order valence-electron chi connectivity index (χ3n) is 6.45.